The number of hydrogen-bond donors (Lipinski definition) is 3. The normalized spacial score (nSPS) is 10.2. The number of nitrogens with zero attached hydrogens (tertiary/aromatic N) is 2. The van der Waals surface area contributed by atoms with E-state index in [4.69, 9.17) is 10.3 Å². The maximum atomic E-state index is 11.8. The first kappa shape index (κ1) is 13.0. The number of rotatable bonds is 5. The van der Waals surface area contributed by atoms with E-state index in [2.05, 4.69) is 20.7 Å². The smallest absolute Gasteiger partial charge is 0.253 e. The van der Waals surface area contributed by atoms with Gasteiger partial charge >= 0.3 is 0 Å². The highest BCUT2D eigenvalue weighted by atomic mass is 16.4. The van der Waals surface area contributed by atoms with Gasteiger partial charge in [-0.05, 0) is 12.1 Å². The molecule has 0 atom stereocenters. The molecule has 0 aliphatic carbocycles. The van der Waals surface area contributed by atoms with Crippen molar-refractivity contribution in [3.05, 3.63) is 41.7 Å². The molecule has 7 heteroatoms. The molecular weight excluding hydrogens is 246 g/mol. The minimum atomic E-state index is -0.243. The summed E-state index contributed by atoms with van der Waals surface area (Å²) in [5, 5.41) is 2.70. The molecule has 0 bridgehead atoms. The largest absolute Gasteiger partial charge is 0.444 e. The first-order valence-corrected chi connectivity index (χ1v) is 5.87. The van der Waals surface area contributed by atoms with Crippen LogP contribution in [0.15, 0.2) is 28.9 Å². The molecule has 0 aromatic carbocycles. The van der Waals surface area contributed by atoms with E-state index in [0.29, 0.717) is 17.3 Å². The lowest BCUT2D eigenvalue weighted by Gasteiger charge is -2.03. The van der Waals surface area contributed by atoms with Crippen molar-refractivity contribution < 1.29 is 9.21 Å². The maximum Gasteiger partial charge on any atom is 0.253 e. The van der Waals surface area contributed by atoms with Crippen LogP contribution in [0.25, 0.3) is 0 Å². The van der Waals surface area contributed by atoms with Gasteiger partial charge in [0.25, 0.3) is 5.91 Å². The van der Waals surface area contributed by atoms with Gasteiger partial charge in [-0.25, -0.2) is 15.8 Å². The van der Waals surface area contributed by atoms with Crippen LogP contribution in [-0.4, -0.2) is 15.9 Å². The molecule has 2 rings (SSSR count). The Balaban J connectivity index is 1.93. The summed E-state index contributed by atoms with van der Waals surface area (Å²) in [6.07, 6.45) is 3.88. The second kappa shape index (κ2) is 5.96. The number of amides is 1. The van der Waals surface area contributed by atoms with Gasteiger partial charge in [-0.15, -0.1) is 0 Å². The van der Waals surface area contributed by atoms with Crippen LogP contribution in [0.1, 0.15) is 28.9 Å². The molecule has 0 unspecified atom stereocenters. The van der Waals surface area contributed by atoms with Crippen molar-refractivity contribution in [1.29, 1.82) is 0 Å². The number of nitrogens with two attached hydrogens (primary N) is 1. The quantitative estimate of drug-likeness (QED) is 0.544. The lowest BCUT2D eigenvalue weighted by molar-refractivity contribution is 0.0946. The van der Waals surface area contributed by atoms with Gasteiger partial charge in [-0.1, -0.05) is 6.92 Å². The van der Waals surface area contributed by atoms with Gasteiger partial charge in [0.05, 0.1) is 18.3 Å². The SMILES string of the molecule is CCc1cnc(CNC(=O)c2ccc(NN)nc2)o1. The van der Waals surface area contributed by atoms with E-state index in [0.717, 1.165) is 12.2 Å². The van der Waals surface area contributed by atoms with Gasteiger partial charge in [-0.2, -0.15) is 0 Å². The van der Waals surface area contributed by atoms with E-state index in [1.165, 1.54) is 6.20 Å². The van der Waals surface area contributed by atoms with Crippen molar-refractivity contribution in [3.8, 4) is 0 Å². The van der Waals surface area contributed by atoms with Gasteiger partial charge in [0.15, 0.2) is 0 Å². The maximum absolute atomic E-state index is 11.8. The average molecular weight is 261 g/mol. The zero-order valence-electron chi connectivity index (χ0n) is 10.5. The summed E-state index contributed by atoms with van der Waals surface area (Å²) in [5.74, 6) is 6.73. The predicted octanol–water partition coefficient (Wildman–Crippen LogP) is 0.848. The van der Waals surface area contributed by atoms with E-state index < -0.39 is 0 Å². The lowest BCUT2D eigenvalue weighted by atomic mass is 10.2. The molecule has 4 N–H and O–H groups in total. The minimum absolute atomic E-state index is 0.243. The number of aryl methyl sites for hydroxylation is 1. The van der Waals surface area contributed by atoms with Crippen LogP contribution < -0.4 is 16.6 Å². The topological polar surface area (TPSA) is 106 Å². The molecular formula is C12H15N5O2. The summed E-state index contributed by atoms with van der Waals surface area (Å²) in [7, 11) is 0. The average Bonchev–Trinajstić information content (AvgIpc) is 2.93. The first-order chi connectivity index (χ1) is 9.22. The molecule has 2 heterocycles. The summed E-state index contributed by atoms with van der Waals surface area (Å²) >= 11 is 0. The van der Waals surface area contributed by atoms with E-state index in [9.17, 15) is 4.79 Å². The fraction of sp³-hybridized carbons (Fsp3) is 0.250. The van der Waals surface area contributed by atoms with Crippen LogP contribution in [0.4, 0.5) is 5.82 Å². The van der Waals surface area contributed by atoms with Gasteiger partial charge in [0, 0.05) is 12.6 Å². The number of pyridine rings is 1. The Hall–Kier alpha value is -2.41. The molecule has 0 saturated heterocycles. The molecule has 0 spiro atoms. The van der Waals surface area contributed by atoms with Crippen molar-refractivity contribution in [3.63, 3.8) is 0 Å². The fourth-order valence-corrected chi connectivity index (χ4v) is 1.46. The van der Waals surface area contributed by atoms with Crippen molar-refractivity contribution in [2.45, 2.75) is 19.9 Å². The number of hydrazine groups is 1. The van der Waals surface area contributed by atoms with Crippen LogP contribution in [0.5, 0.6) is 0 Å². The molecule has 0 aliphatic rings. The van der Waals surface area contributed by atoms with Gasteiger partial charge < -0.3 is 15.2 Å². The number of nitrogen functional groups attached to an aromatic ring is 1. The number of carbonyl (C=O) groups excluding carboxylic acids is 1. The van der Waals surface area contributed by atoms with Crippen LogP contribution in [-0.2, 0) is 13.0 Å². The van der Waals surface area contributed by atoms with Crippen molar-refractivity contribution in [2.24, 2.45) is 5.84 Å². The standard InChI is InChI=1S/C12H15N5O2/c1-2-9-6-15-11(19-9)7-16-12(18)8-3-4-10(17-13)14-5-8/h3-6H,2,7,13H2,1H3,(H,14,17)(H,16,18). The number of nitrogens with one attached hydrogen (secondary N) is 2. The number of aromatic nitrogens is 2. The number of hydrogen-bond acceptors (Lipinski definition) is 6. The summed E-state index contributed by atoms with van der Waals surface area (Å²) < 4.78 is 5.39. The van der Waals surface area contributed by atoms with E-state index in [1.54, 1.807) is 18.3 Å². The predicted molar refractivity (Wildman–Crippen MR) is 69.1 cm³/mol. The Kier molecular flexibility index (Phi) is 4.09. The highest BCUT2D eigenvalue weighted by Crippen LogP contribution is 2.06. The molecule has 0 fully saturated rings. The Morgan fingerprint density at radius 3 is 2.79 bits per heavy atom. The van der Waals surface area contributed by atoms with Crippen molar-refractivity contribution in [1.82, 2.24) is 15.3 Å². The first-order valence-electron chi connectivity index (χ1n) is 5.87. The Morgan fingerprint density at radius 1 is 1.37 bits per heavy atom. The number of carbonyl (C=O) groups is 1. The Labute approximate surface area is 110 Å². The molecule has 100 valence electrons. The fourth-order valence-electron chi connectivity index (χ4n) is 1.46. The molecule has 0 saturated carbocycles. The molecule has 1 amide bonds. The van der Waals surface area contributed by atoms with E-state index in [1.807, 2.05) is 6.92 Å². The van der Waals surface area contributed by atoms with Gasteiger partial charge in [-0.3, -0.25) is 4.79 Å². The third-order valence-electron chi connectivity index (χ3n) is 2.52. The lowest BCUT2D eigenvalue weighted by Crippen LogP contribution is -2.23. The van der Waals surface area contributed by atoms with Gasteiger partial charge in [0.1, 0.15) is 11.6 Å². The Morgan fingerprint density at radius 2 is 2.21 bits per heavy atom. The molecule has 19 heavy (non-hydrogen) atoms. The zero-order valence-corrected chi connectivity index (χ0v) is 10.5. The molecule has 7 nitrogen and oxygen atoms in total. The van der Waals surface area contributed by atoms with E-state index >= 15 is 0 Å². The van der Waals surface area contributed by atoms with Crippen LogP contribution in [0.2, 0.25) is 0 Å². The minimum Gasteiger partial charge on any atom is -0.444 e. The van der Waals surface area contributed by atoms with Crippen LogP contribution in [0, 0.1) is 0 Å². The summed E-state index contributed by atoms with van der Waals surface area (Å²) in [6.45, 7) is 2.22. The Bertz CT molecular complexity index is 550. The van der Waals surface area contributed by atoms with E-state index in [-0.39, 0.29) is 12.5 Å². The monoisotopic (exact) mass is 261 g/mol. The second-order valence-corrected chi connectivity index (χ2v) is 3.83. The molecule has 2 aromatic heterocycles. The molecule has 2 aromatic rings. The zero-order chi connectivity index (χ0) is 13.7. The van der Waals surface area contributed by atoms with Crippen LogP contribution in [0.3, 0.4) is 0 Å². The highest BCUT2D eigenvalue weighted by Gasteiger charge is 2.08. The summed E-state index contributed by atoms with van der Waals surface area (Å²) in [4.78, 5) is 19.8. The van der Waals surface area contributed by atoms with Gasteiger partial charge in [0.2, 0.25) is 5.89 Å². The molecule has 0 aliphatic heterocycles. The molecule has 0 radical (unpaired) electrons. The summed E-state index contributed by atoms with van der Waals surface area (Å²) in [6, 6.07) is 3.25. The highest BCUT2D eigenvalue weighted by molar-refractivity contribution is 5.93. The van der Waals surface area contributed by atoms with Crippen molar-refractivity contribution >= 4 is 11.7 Å². The number of anilines is 1. The third-order valence-corrected chi connectivity index (χ3v) is 2.52. The van der Waals surface area contributed by atoms with Crippen molar-refractivity contribution in [2.75, 3.05) is 5.43 Å². The van der Waals surface area contributed by atoms with Crippen LogP contribution >= 0.6 is 0 Å². The summed E-state index contributed by atoms with van der Waals surface area (Å²) in [5.41, 5.74) is 2.84. The third kappa shape index (κ3) is 3.29. The second-order valence-electron chi connectivity index (χ2n) is 3.83. The number of oxazole rings is 1.